The number of amides is 1. The lowest BCUT2D eigenvalue weighted by Crippen LogP contribution is -2.28. The molecule has 0 bridgehead atoms. The number of carbonyl (C=O) groups excluding carboxylic acids is 1. The van der Waals surface area contributed by atoms with E-state index in [0.717, 1.165) is 5.69 Å². The zero-order valence-electron chi connectivity index (χ0n) is 11.9. The topological polar surface area (TPSA) is 79.5 Å². The van der Waals surface area contributed by atoms with Gasteiger partial charge < -0.3 is 16.4 Å². The van der Waals surface area contributed by atoms with Crippen LogP contribution in [0, 0.1) is 0 Å². The molecule has 0 aliphatic carbocycles. The zero-order valence-corrected chi connectivity index (χ0v) is 12.7. The molecule has 0 fully saturated rings. The molecule has 0 atom stereocenters. The summed E-state index contributed by atoms with van der Waals surface area (Å²) in [5.74, 6) is 0.0774. The Morgan fingerprint density at radius 2 is 1.77 bits per heavy atom. The fourth-order valence-corrected chi connectivity index (χ4v) is 2.02. The van der Waals surface area contributed by atoms with Crippen LogP contribution < -0.4 is 16.4 Å². The second kappa shape index (κ2) is 8.05. The van der Waals surface area contributed by atoms with Gasteiger partial charge in [-0.15, -0.1) is 0 Å². The third-order valence-electron chi connectivity index (χ3n) is 2.84. The van der Waals surface area contributed by atoms with Gasteiger partial charge >= 0.3 is 0 Å². The van der Waals surface area contributed by atoms with Gasteiger partial charge in [-0.3, -0.25) is 9.79 Å². The van der Waals surface area contributed by atoms with Crippen molar-refractivity contribution in [3.63, 3.8) is 0 Å². The third-order valence-corrected chi connectivity index (χ3v) is 3.17. The van der Waals surface area contributed by atoms with E-state index in [4.69, 9.17) is 17.3 Å². The summed E-state index contributed by atoms with van der Waals surface area (Å²) in [6.07, 6.45) is 0. The van der Waals surface area contributed by atoms with Crippen LogP contribution in [0.1, 0.15) is 10.4 Å². The van der Waals surface area contributed by atoms with E-state index in [1.807, 2.05) is 30.3 Å². The molecule has 0 radical (unpaired) electrons. The molecular formula is C16H17ClN4O. The Kier molecular flexibility index (Phi) is 5.80. The van der Waals surface area contributed by atoms with Crippen LogP contribution in [0.5, 0.6) is 0 Å². The summed E-state index contributed by atoms with van der Waals surface area (Å²) in [4.78, 5) is 16.1. The zero-order chi connectivity index (χ0) is 15.8. The molecule has 22 heavy (non-hydrogen) atoms. The van der Waals surface area contributed by atoms with Gasteiger partial charge in [0.2, 0.25) is 0 Å². The lowest BCUT2D eigenvalue weighted by atomic mass is 10.2. The van der Waals surface area contributed by atoms with Gasteiger partial charge in [0, 0.05) is 12.2 Å². The van der Waals surface area contributed by atoms with Gasteiger partial charge in [-0.1, -0.05) is 41.9 Å². The highest BCUT2D eigenvalue weighted by Crippen LogP contribution is 2.14. The standard InChI is InChI=1S/C16H17ClN4O/c17-14-9-5-4-8-13(14)15(22)19-10-11-20-16(18)21-12-6-2-1-3-7-12/h1-9H,10-11H2,(H,19,22)(H3,18,20,21). The van der Waals surface area contributed by atoms with Gasteiger partial charge in [0.05, 0.1) is 17.1 Å². The Balaban J connectivity index is 1.78. The van der Waals surface area contributed by atoms with Crippen molar-refractivity contribution in [3.8, 4) is 0 Å². The second-order valence-corrected chi connectivity index (χ2v) is 4.90. The number of halogens is 1. The van der Waals surface area contributed by atoms with E-state index < -0.39 is 0 Å². The second-order valence-electron chi connectivity index (χ2n) is 4.49. The molecule has 0 aliphatic rings. The first-order chi connectivity index (χ1) is 10.7. The maximum atomic E-state index is 11.9. The molecule has 0 unspecified atom stereocenters. The Hall–Kier alpha value is -2.53. The Morgan fingerprint density at radius 1 is 1.09 bits per heavy atom. The van der Waals surface area contributed by atoms with Crippen molar-refractivity contribution >= 4 is 29.2 Å². The predicted octanol–water partition coefficient (Wildman–Crippen LogP) is 2.50. The van der Waals surface area contributed by atoms with Crippen LogP contribution in [-0.2, 0) is 0 Å². The highest BCUT2D eigenvalue weighted by atomic mass is 35.5. The summed E-state index contributed by atoms with van der Waals surface area (Å²) < 4.78 is 0. The summed E-state index contributed by atoms with van der Waals surface area (Å²) in [5.41, 5.74) is 7.08. The molecule has 0 saturated carbocycles. The van der Waals surface area contributed by atoms with Gasteiger partial charge in [0.25, 0.3) is 5.91 Å². The Morgan fingerprint density at radius 3 is 2.50 bits per heavy atom. The van der Waals surface area contributed by atoms with Crippen molar-refractivity contribution in [2.24, 2.45) is 10.7 Å². The smallest absolute Gasteiger partial charge is 0.252 e. The summed E-state index contributed by atoms with van der Waals surface area (Å²) in [6.45, 7) is 0.753. The summed E-state index contributed by atoms with van der Waals surface area (Å²) in [6, 6.07) is 16.4. The number of nitrogens with one attached hydrogen (secondary N) is 2. The molecule has 5 nitrogen and oxygen atoms in total. The van der Waals surface area contributed by atoms with Crippen LogP contribution in [0.15, 0.2) is 59.6 Å². The average Bonchev–Trinajstić information content (AvgIpc) is 2.53. The number of aliphatic imine (C=N–C) groups is 1. The lowest BCUT2D eigenvalue weighted by molar-refractivity contribution is 0.0955. The lowest BCUT2D eigenvalue weighted by Gasteiger charge is -2.07. The van der Waals surface area contributed by atoms with Crippen molar-refractivity contribution < 1.29 is 4.79 Å². The minimum atomic E-state index is -0.226. The van der Waals surface area contributed by atoms with Crippen LogP contribution in [-0.4, -0.2) is 25.0 Å². The van der Waals surface area contributed by atoms with Gasteiger partial charge in [0.15, 0.2) is 5.96 Å². The van der Waals surface area contributed by atoms with Crippen LogP contribution in [0.4, 0.5) is 5.69 Å². The predicted molar refractivity (Wildman–Crippen MR) is 90.3 cm³/mol. The molecule has 2 rings (SSSR count). The van der Waals surface area contributed by atoms with E-state index in [0.29, 0.717) is 29.6 Å². The highest BCUT2D eigenvalue weighted by Gasteiger charge is 2.07. The highest BCUT2D eigenvalue weighted by molar-refractivity contribution is 6.33. The number of rotatable bonds is 5. The van der Waals surface area contributed by atoms with Gasteiger partial charge in [-0.25, -0.2) is 0 Å². The molecule has 6 heteroatoms. The van der Waals surface area contributed by atoms with Crippen molar-refractivity contribution in [3.05, 3.63) is 65.2 Å². The Labute approximate surface area is 134 Å². The SMILES string of the molecule is NC(=NCCNC(=O)c1ccccc1Cl)Nc1ccccc1. The molecule has 0 aliphatic heterocycles. The molecule has 2 aromatic rings. The fraction of sp³-hybridized carbons (Fsp3) is 0.125. The number of carbonyl (C=O) groups is 1. The first-order valence-corrected chi connectivity index (χ1v) is 7.19. The number of hydrogen-bond donors (Lipinski definition) is 3. The fourth-order valence-electron chi connectivity index (χ4n) is 1.80. The van der Waals surface area contributed by atoms with Gasteiger partial charge in [-0.05, 0) is 24.3 Å². The minimum absolute atomic E-state index is 0.226. The number of nitrogens with two attached hydrogens (primary N) is 1. The monoisotopic (exact) mass is 316 g/mol. The molecule has 1 amide bonds. The molecular weight excluding hydrogens is 300 g/mol. The van der Waals surface area contributed by atoms with Crippen LogP contribution in [0.2, 0.25) is 5.02 Å². The molecule has 0 spiro atoms. The summed E-state index contributed by atoms with van der Waals surface area (Å²) in [5, 5.41) is 6.13. The average molecular weight is 317 g/mol. The van der Waals surface area contributed by atoms with Crippen molar-refractivity contribution in [2.45, 2.75) is 0 Å². The minimum Gasteiger partial charge on any atom is -0.370 e. The Bertz CT molecular complexity index is 658. The van der Waals surface area contributed by atoms with E-state index in [1.165, 1.54) is 0 Å². The van der Waals surface area contributed by atoms with E-state index in [2.05, 4.69) is 15.6 Å². The number of benzene rings is 2. The molecule has 4 N–H and O–H groups in total. The number of anilines is 1. The van der Waals surface area contributed by atoms with Gasteiger partial charge in [0.1, 0.15) is 0 Å². The van der Waals surface area contributed by atoms with Crippen molar-refractivity contribution in [1.29, 1.82) is 0 Å². The summed E-state index contributed by atoms with van der Waals surface area (Å²) in [7, 11) is 0. The van der Waals surface area contributed by atoms with E-state index in [9.17, 15) is 4.79 Å². The van der Waals surface area contributed by atoms with Crippen LogP contribution in [0.3, 0.4) is 0 Å². The molecule has 0 saturated heterocycles. The van der Waals surface area contributed by atoms with Gasteiger partial charge in [-0.2, -0.15) is 0 Å². The molecule has 2 aromatic carbocycles. The first kappa shape index (κ1) is 15.9. The number of hydrogen-bond acceptors (Lipinski definition) is 2. The van der Waals surface area contributed by atoms with Crippen LogP contribution in [0.25, 0.3) is 0 Å². The number of nitrogens with zero attached hydrogens (tertiary/aromatic N) is 1. The number of para-hydroxylation sites is 1. The normalized spacial score (nSPS) is 11.0. The molecule has 0 heterocycles. The number of guanidine groups is 1. The van der Waals surface area contributed by atoms with Crippen molar-refractivity contribution in [1.82, 2.24) is 5.32 Å². The summed E-state index contributed by atoms with van der Waals surface area (Å²) >= 11 is 5.95. The van der Waals surface area contributed by atoms with Crippen molar-refractivity contribution in [2.75, 3.05) is 18.4 Å². The van der Waals surface area contributed by atoms with E-state index in [1.54, 1.807) is 24.3 Å². The van der Waals surface area contributed by atoms with E-state index in [-0.39, 0.29) is 5.91 Å². The molecule has 0 aromatic heterocycles. The van der Waals surface area contributed by atoms with E-state index >= 15 is 0 Å². The first-order valence-electron chi connectivity index (χ1n) is 6.81. The quantitative estimate of drug-likeness (QED) is 0.450. The molecule has 114 valence electrons. The largest absolute Gasteiger partial charge is 0.370 e. The maximum absolute atomic E-state index is 11.9. The van der Waals surface area contributed by atoms with Crippen LogP contribution >= 0.6 is 11.6 Å². The third kappa shape index (κ3) is 4.79. The maximum Gasteiger partial charge on any atom is 0.252 e.